The van der Waals surface area contributed by atoms with Gasteiger partial charge in [-0.25, -0.2) is 9.59 Å². The van der Waals surface area contributed by atoms with E-state index in [1.807, 2.05) is 27.7 Å². The molecule has 0 aromatic rings. The summed E-state index contributed by atoms with van der Waals surface area (Å²) in [6, 6.07) is 0. The second kappa shape index (κ2) is 15.0. The molecule has 2 atom stereocenters. The Kier molecular flexibility index (Phi) is 12.5. The van der Waals surface area contributed by atoms with Gasteiger partial charge in [0.15, 0.2) is 0 Å². The van der Waals surface area contributed by atoms with Gasteiger partial charge in [-0.3, -0.25) is 19.2 Å². The number of nitrogens with zero attached hydrogens (tertiary/aromatic N) is 2. The van der Waals surface area contributed by atoms with E-state index in [1.54, 1.807) is 0 Å². The Morgan fingerprint density at radius 1 is 0.641 bits per heavy atom. The molecule has 2 heterocycles. The molecular weight excluding hydrogens is 516 g/mol. The first-order chi connectivity index (χ1) is 18.4. The molecule has 0 aromatic heterocycles. The molecule has 220 valence electrons. The standard InChI is InChI=1S/C26H40N2O11/c1-5-25(3,13-17-35-15-11-23(33)38-27-19(29)7-8-20(27)30)37-18-14-26(4,6-2)36-16-12-24(34)39-28-21(31)9-10-22(28)32/h5-18H2,1-4H3. The summed E-state index contributed by atoms with van der Waals surface area (Å²) in [6.45, 7) is 8.75. The third kappa shape index (κ3) is 10.3. The fourth-order valence-electron chi connectivity index (χ4n) is 3.75. The number of amides is 4. The van der Waals surface area contributed by atoms with E-state index in [9.17, 15) is 28.8 Å². The number of carbonyl (C=O) groups is 6. The van der Waals surface area contributed by atoms with Crippen LogP contribution in [0.15, 0.2) is 0 Å². The molecule has 0 saturated carbocycles. The van der Waals surface area contributed by atoms with Gasteiger partial charge in [0.05, 0.1) is 43.9 Å². The maximum atomic E-state index is 12.0. The van der Waals surface area contributed by atoms with Crippen molar-refractivity contribution >= 4 is 35.6 Å². The van der Waals surface area contributed by atoms with Crippen LogP contribution in [0.25, 0.3) is 0 Å². The van der Waals surface area contributed by atoms with Crippen LogP contribution in [0.3, 0.4) is 0 Å². The van der Waals surface area contributed by atoms with Crippen molar-refractivity contribution in [3.8, 4) is 0 Å². The first kappa shape index (κ1) is 32.3. The molecular formula is C26H40N2O11. The predicted molar refractivity (Wildman–Crippen MR) is 133 cm³/mol. The van der Waals surface area contributed by atoms with Crippen molar-refractivity contribution in [3.05, 3.63) is 0 Å². The normalized spacial score (nSPS) is 18.9. The van der Waals surface area contributed by atoms with Gasteiger partial charge in [0.25, 0.3) is 23.6 Å². The summed E-state index contributed by atoms with van der Waals surface area (Å²) >= 11 is 0. The maximum Gasteiger partial charge on any atom is 0.335 e. The molecule has 13 nitrogen and oxygen atoms in total. The predicted octanol–water partition coefficient (Wildman–Crippen LogP) is 2.15. The van der Waals surface area contributed by atoms with Gasteiger partial charge in [-0.1, -0.05) is 13.8 Å². The van der Waals surface area contributed by atoms with Crippen LogP contribution >= 0.6 is 0 Å². The summed E-state index contributed by atoms with van der Waals surface area (Å²) in [5.74, 6) is -3.51. The molecule has 4 amide bonds. The first-order valence-corrected chi connectivity index (χ1v) is 13.4. The zero-order chi connectivity index (χ0) is 29.1. The van der Waals surface area contributed by atoms with E-state index in [0.717, 1.165) is 6.42 Å². The molecule has 2 unspecified atom stereocenters. The van der Waals surface area contributed by atoms with Crippen LogP contribution in [-0.4, -0.2) is 83.3 Å². The minimum absolute atomic E-state index is 0.0408. The lowest BCUT2D eigenvalue weighted by molar-refractivity contribution is -0.198. The van der Waals surface area contributed by atoms with Crippen LogP contribution in [0.2, 0.25) is 0 Å². The second-order valence-corrected chi connectivity index (χ2v) is 10.0. The van der Waals surface area contributed by atoms with E-state index in [4.69, 9.17) is 23.9 Å². The van der Waals surface area contributed by atoms with Crippen LogP contribution < -0.4 is 0 Å². The monoisotopic (exact) mass is 556 g/mol. The summed E-state index contributed by atoms with van der Waals surface area (Å²) in [6.07, 6.45) is 2.51. The lowest BCUT2D eigenvalue weighted by Crippen LogP contribution is -2.36. The average molecular weight is 557 g/mol. The Hall–Kier alpha value is -2.90. The molecule has 2 saturated heterocycles. The van der Waals surface area contributed by atoms with Crippen molar-refractivity contribution in [2.24, 2.45) is 0 Å². The summed E-state index contributed by atoms with van der Waals surface area (Å²) in [5.41, 5.74) is -1.02. The number of hydrogen-bond acceptors (Lipinski definition) is 11. The van der Waals surface area contributed by atoms with Crippen molar-refractivity contribution in [1.82, 2.24) is 10.1 Å². The second-order valence-electron chi connectivity index (χ2n) is 10.0. The number of imide groups is 2. The molecule has 2 aliphatic heterocycles. The van der Waals surface area contributed by atoms with Crippen LogP contribution in [0.5, 0.6) is 0 Å². The topological polar surface area (TPSA) is 155 Å². The minimum atomic E-state index is -0.710. The Morgan fingerprint density at radius 3 is 1.46 bits per heavy atom. The third-order valence-electron chi connectivity index (χ3n) is 6.96. The molecule has 0 spiro atoms. The Labute approximate surface area is 228 Å². The Balaban J connectivity index is 1.63. The van der Waals surface area contributed by atoms with Gasteiger partial charge < -0.3 is 23.9 Å². The fraction of sp³-hybridized carbons (Fsp3) is 0.769. The SMILES string of the molecule is CCC(C)(CCOCCC(=O)ON1C(=O)CCC1=O)OCCC(C)(CC)OCCC(=O)ON1C(=O)CCC1=O. The van der Waals surface area contributed by atoms with Crippen molar-refractivity contribution < 1.29 is 52.7 Å². The maximum absolute atomic E-state index is 12.0. The molecule has 13 heteroatoms. The Bertz CT molecular complexity index is 892. The summed E-state index contributed by atoms with van der Waals surface area (Å²) in [4.78, 5) is 79.6. The number of hydrogen-bond donors (Lipinski definition) is 0. The highest BCUT2D eigenvalue weighted by Crippen LogP contribution is 2.25. The third-order valence-corrected chi connectivity index (χ3v) is 6.96. The lowest BCUT2D eigenvalue weighted by Gasteiger charge is -2.33. The summed E-state index contributed by atoms with van der Waals surface area (Å²) < 4.78 is 17.6. The number of rotatable bonds is 18. The van der Waals surface area contributed by atoms with Crippen molar-refractivity contribution in [3.63, 3.8) is 0 Å². The van der Waals surface area contributed by atoms with E-state index in [1.165, 1.54) is 0 Å². The van der Waals surface area contributed by atoms with Crippen LogP contribution in [0.4, 0.5) is 0 Å². The highest BCUT2D eigenvalue weighted by atomic mass is 16.7. The molecule has 0 radical (unpaired) electrons. The molecule has 39 heavy (non-hydrogen) atoms. The van der Waals surface area contributed by atoms with E-state index < -0.39 is 46.8 Å². The van der Waals surface area contributed by atoms with E-state index in [-0.39, 0.29) is 51.7 Å². The molecule has 0 N–H and O–H groups in total. The van der Waals surface area contributed by atoms with Crippen LogP contribution in [0.1, 0.15) is 91.9 Å². The van der Waals surface area contributed by atoms with Gasteiger partial charge in [-0.15, -0.1) is 10.1 Å². The zero-order valence-electron chi connectivity index (χ0n) is 23.3. The largest absolute Gasteiger partial charge is 0.381 e. The molecule has 2 aliphatic rings. The highest BCUT2D eigenvalue weighted by Gasteiger charge is 2.34. The van der Waals surface area contributed by atoms with Gasteiger partial charge in [0.2, 0.25) is 0 Å². The first-order valence-electron chi connectivity index (χ1n) is 13.4. The van der Waals surface area contributed by atoms with Gasteiger partial charge in [-0.05, 0) is 39.5 Å². The van der Waals surface area contributed by atoms with Crippen molar-refractivity contribution in [2.45, 2.75) is 103 Å². The number of ether oxygens (including phenoxy) is 3. The van der Waals surface area contributed by atoms with E-state index >= 15 is 0 Å². The van der Waals surface area contributed by atoms with Crippen molar-refractivity contribution in [2.75, 3.05) is 26.4 Å². The van der Waals surface area contributed by atoms with Crippen molar-refractivity contribution in [1.29, 1.82) is 0 Å². The average Bonchev–Trinajstić information content (AvgIpc) is 3.38. The quantitative estimate of drug-likeness (QED) is 0.180. The number of carbonyl (C=O) groups excluding carboxylic acids is 6. The highest BCUT2D eigenvalue weighted by molar-refractivity contribution is 6.02. The Morgan fingerprint density at radius 2 is 1.03 bits per heavy atom. The van der Waals surface area contributed by atoms with E-state index in [2.05, 4.69) is 0 Å². The molecule has 0 bridgehead atoms. The van der Waals surface area contributed by atoms with Gasteiger partial charge >= 0.3 is 11.9 Å². The zero-order valence-corrected chi connectivity index (χ0v) is 23.3. The van der Waals surface area contributed by atoms with E-state index in [0.29, 0.717) is 42.6 Å². The minimum Gasteiger partial charge on any atom is -0.381 e. The summed E-state index contributed by atoms with van der Waals surface area (Å²) in [5, 5.41) is 1.04. The molecule has 2 fully saturated rings. The smallest absolute Gasteiger partial charge is 0.335 e. The molecule has 2 rings (SSSR count). The fourth-order valence-corrected chi connectivity index (χ4v) is 3.75. The van der Waals surface area contributed by atoms with Gasteiger partial charge in [0, 0.05) is 32.3 Å². The molecule has 0 aliphatic carbocycles. The van der Waals surface area contributed by atoms with Gasteiger partial charge in [-0.2, -0.15) is 0 Å². The van der Waals surface area contributed by atoms with Crippen LogP contribution in [-0.2, 0) is 52.7 Å². The van der Waals surface area contributed by atoms with Crippen LogP contribution in [0, 0.1) is 0 Å². The summed E-state index contributed by atoms with van der Waals surface area (Å²) in [7, 11) is 0. The van der Waals surface area contributed by atoms with Gasteiger partial charge in [0.1, 0.15) is 0 Å². The number of hydroxylamine groups is 4. The molecule has 0 aromatic carbocycles. The lowest BCUT2D eigenvalue weighted by atomic mass is 9.97.